The SMILES string of the molecule is COc1cc([C@@H]2c3cc4c(cc3/C(=C(\c3ccccc3)C(C)C)[C@H]3COC(=O)[C@H]23)OCO4)cc(OC)c1OC. The molecule has 1 fully saturated rings. The molecular formula is C32H32O7. The van der Waals surface area contributed by atoms with Crippen molar-refractivity contribution >= 4 is 17.1 Å². The Morgan fingerprint density at radius 2 is 1.54 bits per heavy atom. The van der Waals surface area contributed by atoms with Crippen LogP contribution in [-0.4, -0.2) is 40.7 Å². The zero-order chi connectivity index (χ0) is 27.3. The van der Waals surface area contributed by atoms with Crippen LogP contribution >= 0.6 is 0 Å². The Hall–Kier alpha value is -4.13. The highest BCUT2D eigenvalue weighted by Gasteiger charge is 2.51. The van der Waals surface area contributed by atoms with Crippen LogP contribution in [0.2, 0.25) is 0 Å². The number of carbonyl (C=O) groups is 1. The second-order valence-corrected chi connectivity index (χ2v) is 10.3. The van der Waals surface area contributed by atoms with Crippen LogP contribution in [0, 0.1) is 17.8 Å². The Labute approximate surface area is 228 Å². The van der Waals surface area contributed by atoms with Gasteiger partial charge in [-0.05, 0) is 63.6 Å². The molecule has 202 valence electrons. The van der Waals surface area contributed by atoms with E-state index in [1.165, 1.54) is 5.57 Å². The molecule has 6 rings (SSSR count). The highest BCUT2D eigenvalue weighted by molar-refractivity contribution is 5.98. The first kappa shape index (κ1) is 25.2. The van der Waals surface area contributed by atoms with Crippen molar-refractivity contribution in [1.82, 2.24) is 0 Å². The van der Waals surface area contributed by atoms with Crippen molar-refractivity contribution < 1.29 is 33.2 Å². The molecule has 39 heavy (non-hydrogen) atoms. The van der Waals surface area contributed by atoms with Crippen LogP contribution in [0.3, 0.4) is 0 Å². The lowest BCUT2D eigenvalue weighted by Gasteiger charge is -2.38. The highest BCUT2D eigenvalue weighted by atomic mass is 16.7. The standard InChI is InChI=1S/C32H32O7/c1-17(2)27(18-9-7-6-8-10-18)29-21-14-24-23(38-16-39-24)13-20(21)28(30-22(29)15-37-32(30)33)19-11-25(34-3)31(36-5)26(12-19)35-4/h6-14,17,22,28,30H,15-16H2,1-5H3/b29-27+/t22-,28-,30+/m1/s1. The molecular weight excluding hydrogens is 496 g/mol. The van der Waals surface area contributed by atoms with E-state index >= 15 is 0 Å². The predicted octanol–water partition coefficient (Wildman–Crippen LogP) is 5.94. The van der Waals surface area contributed by atoms with Gasteiger partial charge in [-0.1, -0.05) is 44.2 Å². The molecule has 0 N–H and O–H groups in total. The van der Waals surface area contributed by atoms with E-state index in [0.29, 0.717) is 35.4 Å². The van der Waals surface area contributed by atoms with Crippen LogP contribution in [0.5, 0.6) is 28.7 Å². The van der Waals surface area contributed by atoms with E-state index in [9.17, 15) is 4.79 Å². The summed E-state index contributed by atoms with van der Waals surface area (Å²) in [6, 6.07) is 18.3. The van der Waals surface area contributed by atoms with Crippen molar-refractivity contribution in [3.05, 3.63) is 76.9 Å². The largest absolute Gasteiger partial charge is 0.493 e. The maximum absolute atomic E-state index is 13.6. The molecule has 7 nitrogen and oxygen atoms in total. The average molecular weight is 529 g/mol. The van der Waals surface area contributed by atoms with Gasteiger partial charge in [0.05, 0.1) is 33.9 Å². The smallest absolute Gasteiger partial charge is 0.310 e. The van der Waals surface area contributed by atoms with E-state index in [2.05, 4.69) is 32.0 Å². The minimum Gasteiger partial charge on any atom is -0.493 e. The van der Waals surface area contributed by atoms with Gasteiger partial charge in [-0.15, -0.1) is 0 Å². The van der Waals surface area contributed by atoms with Gasteiger partial charge in [0.2, 0.25) is 12.5 Å². The number of carbonyl (C=O) groups excluding carboxylic acids is 1. The molecule has 0 unspecified atom stereocenters. The topological polar surface area (TPSA) is 72.5 Å². The molecule has 0 spiro atoms. The second-order valence-electron chi connectivity index (χ2n) is 10.3. The Balaban J connectivity index is 1.68. The van der Waals surface area contributed by atoms with Gasteiger partial charge >= 0.3 is 5.97 Å². The van der Waals surface area contributed by atoms with E-state index in [-0.39, 0.29) is 30.5 Å². The Bertz CT molecular complexity index is 1430. The maximum Gasteiger partial charge on any atom is 0.310 e. The number of cyclic esters (lactones) is 1. The predicted molar refractivity (Wildman–Crippen MR) is 147 cm³/mol. The third-order valence-corrected chi connectivity index (χ3v) is 8.01. The third-order valence-electron chi connectivity index (χ3n) is 8.01. The first-order chi connectivity index (χ1) is 19.0. The first-order valence-electron chi connectivity index (χ1n) is 13.2. The number of benzene rings is 3. The Kier molecular flexibility index (Phi) is 6.37. The summed E-state index contributed by atoms with van der Waals surface area (Å²) in [7, 11) is 4.77. The molecule has 3 aromatic carbocycles. The Morgan fingerprint density at radius 3 is 2.15 bits per heavy atom. The molecule has 0 aromatic heterocycles. The summed E-state index contributed by atoms with van der Waals surface area (Å²) in [5.41, 5.74) is 6.37. The van der Waals surface area contributed by atoms with E-state index in [1.54, 1.807) is 21.3 Å². The monoisotopic (exact) mass is 528 g/mol. The van der Waals surface area contributed by atoms with Gasteiger partial charge in [0, 0.05) is 11.8 Å². The molecule has 3 atom stereocenters. The maximum atomic E-state index is 13.6. The van der Waals surface area contributed by atoms with Crippen molar-refractivity contribution in [3.63, 3.8) is 0 Å². The number of ether oxygens (including phenoxy) is 6. The number of hydrogen-bond donors (Lipinski definition) is 0. The van der Waals surface area contributed by atoms with Gasteiger partial charge in [0.25, 0.3) is 0 Å². The summed E-state index contributed by atoms with van der Waals surface area (Å²) in [5, 5.41) is 0. The number of allylic oxidation sites excluding steroid dienone is 1. The van der Waals surface area contributed by atoms with Crippen LogP contribution in [0.1, 0.15) is 42.0 Å². The molecule has 0 amide bonds. The van der Waals surface area contributed by atoms with E-state index in [1.807, 2.05) is 36.4 Å². The zero-order valence-electron chi connectivity index (χ0n) is 22.8. The fourth-order valence-electron chi connectivity index (χ4n) is 6.44. The van der Waals surface area contributed by atoms with Crippen LogP contribution in [-0.2, 0) is 9.53 Å². The van der Waals surface area contributed by atoms with Crippen molar-refractivity contribution in [2.45, 2.75) is 19.8 Å². The number of esters is 1. The fraction of sp³-hybridized carbons (Fsp3) is 0.344. The quantitative estimate of drug-likeness (QED) is 0.367. The van der Waals surface area contributed by atoms with E-state index in [4.69, 9.17) is 28.4 Å². The van der Waals surface area contributed by atoms with Gasteiger partial charge in [0.1, 0.15) is 0 Å². The lowest BCUT2D eigenvalue weighted by molar-refractivity contribution is -0.141. The molecule has 1 saturated heterocycles. The molecule has 0 radical (unpaired) electrons. The van der Waals surface area contributed by atoms with E-state index in [0.717, 1.165) is 27.8 Å². The summed E-state index contributed by atoms with van der Waals surface area (Å²) >= 11 is 0. The van der Waals surface area contributed by atoms with Crippen molar-refractivity contribution in [2.75, 3.05) is 34.7 Å². The summed E-state index contributed by atoms with van der Waals surface area (Å²) in [5.74, 6) is 2.02. The van der Waals surface area contributed by atoms with E-state index < -0.39 is 5.92 Å². The van der Waals surface area contributed by atoms with Crippen LogP contribution < -0.4 is 23.7 Å². The number of rotatable bonds is 6. The van der Waals surface area contributed by atoms with Crippen molar-refractivity contribution in [3.8, 4) is 28.7 Å². The molecule has 2 aliphatic heterocycles. The molecule has 7 heteroatoms. The summed E-state index contributed by atoms with van der Waals surface area (Å²) < 4.78 is 34.4. The number of methoxy groups -OCH3 is 3. The zero-order valence-corrected chi connectivity index (χ0v) is 22.8. The van der Waals surface area contributed by atoms with Gasteiger partial charge < -0.3 is 28.4 Å². The summed E-state index contributed by atoms with van der Waals surface area (Å²) in [6.45, 7) is 4.87. The minimum absolute atomic E-state index is 0.146. The van der Waals surface area contributed by atoms with Crippen LogP contribution in [0.15, 0.2) is 54.6 Å². The van der Waals surface area contributed by atoms with Crippen LogP contribution in [0.4, 0.5) is 0 Å². The fourth-order valence-corrected chi connectivity index (χ4v) is 6.44. The molecule has 0 saturated carbocycles. The minimum atomic E-state index is -0.437. The van der Waals surface area contributed by atoms with Gasteiger partial charge in [-0.25, -0.2) is 0 Å². The van der Waals surface area contributed by atoms with Gasteiger partial charge in [-0.2, -0.15) is 0 Å². The number of fused-ring (bicyclic) bond motifs is 3. The first-order valence-corrected chi connectivity index (χ1v) is 13.2. The van der Waals surface area contributed by atoms with Gasteiger partial charge in [0.15, 0.2) is 23.0 Å². The lowest BCUT2D eigenvalue weighted by Crippen LogP contribution is -2.32. The third kappa shape index (κ3) is 3.99. The normalized spacial score (nSPS) is 22.2. The molecule has 0 bridgehead atoms. The van der Waals surface area contributed by atoms with Gasteiger partial charge in [-0.3, -0.25) is 4.79 Å². The highest BCUT2D eigenvalue weighted by Crippen LogP contribution is 2.58. The van der Waals surface area contributed by atoms with Crippen molar-refractivity contribution in [1.29, 1.82) is 0 Å². The summed E-state index contributed by atoms with van der Waals surface area (Å²) in [6.07, 6.45) is 0. The second kappa shape index (κ2) is 9.88. The molecule has 3 aromatic rings. The lowest BCUT2D eigenvalue weighted by atomic mass is 9.63. The summed E-state index contributed by atoms with van der Waals surface area (Å²) in [4.78, 5) is 13.6. The van der Waals surface area contributed by atoms with Crippen LogP contribution in [0.25, 0.3) is 11.1 Å². The molecule has 2 heterocycles. The Morgan fingerprint density at radius 1 is 0.872 bits per heavy atom. The average Bonchev–Trinajstić information content (AvgIpc) is 3.57. The molecule has 3 aliphatic rings. The van der Waals surface area contributed by atoms with Crippen molar-refractivity contribution in [2.24, 2.45) is 17.8 Å². The number of hydrogen-bond acceptors (Lipinski definition) is 7. The molecule has 1 aliphatic carbocycles.